The quantitative estimate of drug-likeness (QED) is 0.923. The Bertz CT molecular complexity index is 582. The van der Waals surface area contributed by atoms with Crippen LogP contribution < -0.4 is 10.1 Å². The second-order valence-electron chi connectivity index (χ2n) is 6.37. The number of anilines is 1. The summed E-state index contributed by atoms with van der Waals surface area (Å²) in [5.41, 5.74) is 0.757. The highest BCUT2D eigenvalue weighted by Gasteiger charge is 2.22. The van der Waals surface area contributed by atoms with Gasteiger partial charge in [0.05, 0.1) is 12.2 Å². The minimum absolute atomic E-state index is 0.0854. The number of piperidine rings is 1. The maximum atomic E-state index is 12.3. The monoisotopic (exact) mass is 313 g/mol. The van der Waals surface area contributed by atoms with Crippen molar-refractivity contribution in [2.45, 2.75) is 44.6 Å². The number of carbonyl (C=O) groups excluding carboxylic acids is 1. The number of amides is 2. The molecule has 5 nitrogen and oxygen atoms in total. The molecule has 2 aliphatic rings. The third-order valence-corrected chi connectivity index (χ3v) is 4.65. The van der Waals surface area contributed by atoms with Crippen LogP contribution in [0.4, 0.5) is 10.5 Å². The van der Waals surface area contributed by atoms with E-state index in [9.17, 15) is 4.79 Å². The standard InChI is InChI=1S/C18H23N3O2/c19-13-14-8-10-21(11-9-14)18(22)20-15-4-3-7-17(12-15)23-16-5-1-2-6-16/h3-4,7,12,14,16H,1-2,5-6,8-11H2,(H,20,22). The van der Waals surface area contributed by atoms with Gasteiger partial charge >= 0.3 is 6.03 Å². The van der Waals surface area contributed by atoms with Crippen molar-refractivity contribution in [3.63, 3.8) is 0 Å². The molecule has 1 N–H and O–H groups in total. The van der Waals surface area contributed by atoms with Crippen LogP contribution in [0.5, 0.6) is 5.75 Å². The molecule has 5 heteroatoms. The van der Waals surface area contributed by atoms with E-state index in [0.717, 1.165) is 37.1 Å². The average Bonchev–Trinajstić information content (AvgIpc) is 3.08. The molecule has 0 bridgehead atoms. The molecule has 23 heavy (non-hydrogen) atoms. The SMILES string of the molecule is N#CC1CCN(C(=O)Nc2cccc(OC3CCCC3)c2)CC1. The number of benzene rings is 1. The summed E-state index contributed by atoms with van der Waals surface area (Å²) in [4.78, 5) is 14.1. The number of carbonyl (C=O) groups is 1. The van der Waals surface area contributed by atoms with Crippen LogP contribution >= 0.6 is 0 Å². The Morgan fingerprint density at radius 1 is 1.22 bits per heavy atom. The Kier molecular flexibility index (Phi) is 5.02. The molecule has 2 fully saturated rings. The van der Waals surface area contributed by atoms with Gasteiger partial charge in [0.1, 0.15) is 5.75 Å². The Balaban J connectivity index is 1.55. The number of urea groups is 1. The molecule has 0 spiro atoms. The minimum atomic E-state index is -0.0978. The first-order valence-electron chi connectivity index (χ1n) is 8.47. The Morgan fingerprint density at radius 3 is 2.65 bits per heavy atom. The summed E-state index contributed by atoms with van der Waals surface area (Å²) in [5.74, 6) is 0.903. The van der Waals surface area contributed by atoms with E-state index in [1.807, 2.05) is 24.3 Å². The summed E-state index contributed by atoms with van der Waals surface area (Å²) < 4.78 is 5.97. The van der Waals surface area contributed by atoms with Crippen molar-refractivity contribution >= 4 is 11.7 Å². The molecule has 0 radical (unpaired) electrons. The summed E-state index contributed by atoms with van der Waals surface area (Å²) in [5, 5.41) is 11.8. The van der Waals surface area contributed by atoms with Gasteiger partial charge in [0.15, 0.2) is 0 Å². The molecule has 1 aromatic rings. The second-order valence-corrected chi connectivity index (χ2v) is 6.37. The third-order valence-electron chi connectivity index (χ3n) is 4.65. The summed E-state index contributed by atoms with van der Waals surface area (Å²) in [6, 6.07) is 9.79. The van der Waals surface area contributed by atoms with E-state index in [1.54, 1.807) is 4.90 Å². The maximum Gasteiger partial charge on any atom is 0.321 e. The first-order chi connectivity index (χ1) is 11.2. The molecule has 1 aliphatic heterocycles. The number of rotatable bonds is 3. The van der Waals surface area contributed by atoms with E-state index in [-0.39, 0.29) is 11.9 Å². The fourth-order valence-corrected chi connectivity index (χ4v) is 3.26. The van der Waals surface area contributed by atoms with Crippen LogP contribution in [0, 0.1) is 17.2 Å². The van der Waals surface area contributed by atoms with E-state index in [1.165, 1.54) is 12.8 Å². The van der Waals surface area contributed by atoms with Gasteiger partial charge in [0.25, 0.3) is 0 Å². The molecule has 1 aliphatic carbocycles. The Labute approximate surface area is 137 Å². The molecular formula is C18H23N3O2. The molecule has 2 amide bonds. The van der Waals surface area contributed by atoms with Crippen LogP contribution in [0.15, 0.2) is 24.3 Å². The van der Waals surface area contributed by atoms with Crippen molar-refractivity contribution in [3.05, 3.63) is 24.3 Å². The molecular weight excluding hydrogens is 290 g/mol. The van der Waals surface area contributed by atoms with Crippen LogP contribution in [0.25, 0.3) is 0 Å². The number of hydrogen-bond donors (Lipinski definition) is 1. The van der Waals surface area contributed by atoms with Crippen LogP contribution in [-0.4, -0.2) is 30.1 Å². The van der Waals surface area contributed by atoms with Gasteiger partial charge in [-0.25, -0.2) is 4.79 Å². The zero-order valence-electron chi connectivity index (χ0n) is 13.3. The minimum Gasteiger partial charge on any atom is -0.490 e. The van der Waals surface area contributed by atoms with E-state index in [2.05, 4.69) is 11.4 Å². The first-order valence-corrected chi connectivity index (χ1v) is 8.47. The zero-order valence-corrected chi connectivity index (χ0v) is 13.3. The lowest BCUT2D eigenvalue weighted by Gasteiger charge is -2.29. The molecule has 1 aromatic carbocycles. The van der Waals surface area contributed by atoms with E-state index >= 15 is 0 Å². The molecule has 0 unspecified atom stereocenters. The van der Waals surface area contributed by atoms with Crippen LogP contribution in [0.1, 0.15) is 38.5 Å². The van der Waals surface area contributed by atoms with Crippen molar-refractivity contribution in [1.82, 2.24) is 4.90 Å². The van der Waals surface area contributed by atoms with Crippen LogP contribution in [-0.2, 0) is 0 Å². The largest absolute Gasteiger partial charge is 0.490 e. The van der Waals surface area contributed by atoms with Crippen molar-refractivity contribution in [3.8, 4) is 11.8 Å². The normalized spacial score (nSPS) is 19.3. The summed E-state index contributed by atoms with van der Waals surface area (Å²) in [6.07, 6.45) is 6.53. The van der Waals surface area contributed by atoms with Gasteiger partial charge in [-0.05, 0) is 50.7 Å². The number of hydrogen-bond acceptors (Lipinski definition) is 3. The maximum absolute atomic E-state index is 12.3. The highest BCUT2D eigenvalue weighted by molar-refractivity contribution is 5.89. The fraction of sp³-hybridized carbons (Fsp3) is 0.556. The summed E-state index contributed by atoms with van der Waals surface area (Å²) in [6.45, 7) is 1.28. The van der Waals surface area contributed by atoms with Crippen molar-refractivity contribution < 1.29 is 9.53 Å². The number of nitrogens with zero attached hydrogens (tertiary/aromatic N) is 2. The molecule has 1 saturated heterocycles. The fourth-order valence-electron chi connectivity index (χ4n) is 3.26. The van der Waals surface area contributed by atoms with Crippen LogP contribution in [0.2, 0.25) is 0 Å². The molecule has 0 aromatic heterocycles. The number of ether oxygens (including phenoxy) is 1. The van der Waals surface area contributed by atoms with Crippen LogP contribution in [0.3, 0.4) is 0 Å². The predicted octanol–water partition coefficient (Wildman–Crippen LogP) is 3.78. The number of nitrogens with one attached hydrogen (secondary N) is 1. The van der Waals surface area contributed by atoms with Crippen molar-refractivity contribution in [1.29, 1.82) is 5.26 Å². The topological polar surface area (TPSA) is 65.4 Å². The van der Waals surface area contributed by atoms with Gasteiger partial charge in [-0.15, -0.1) is 0 Å². The number of nitriles is 1. The third kappa shape index (κ3) is 4.16. The highest BCUT2D eigenvalue weighted by Crippen LogP contribution is 2.26. The lowest BCUT2D eigenvalue weighted by molar-refractivity contribution is 0.192. The molecule has 0 atom stereocenters. The predicted molar refractivity (Wildman–Crippen MR) is 88.3 cm³/mol. The summed E-state index contributed by atoms with van der Waals surface area (Å²) in [7, 11) is 0. The first kappa shape index (κ1) is 15.7. The van der Waals surface area contributed by atoms with Gasteiger partial charge in [0.2, 0.25) is 0 Å². The average molecular weight is 313 g/mol. The van der Waals surface area contributed by atoms with E-state index in [0.29, 0.717) is 19.2 Å². The van der Waals surface area contributed by atoms with Crippen molar-refractivity contribution in [2.24, 2.45) is 5.92 Å². The summed E-state index contributed by atoms with van der Waals surface area (Å²) >= 11 is 0. The molecule has 122 valence electrons. The Hall–Kier alpha value is -2.22. The van der Waals surface area contributed by atoms with Gasteiger partial charge in [-0.1, -0.05) is 6.07 Å². The lowest BCUT2D eigenvalue weighted by atomic mass is 9.99. The lowest BCUT2D eigenvalue weighted by Crippen LogP contribution is -2.40. The van der Waals surface area contributed by atoms with Crippen molar-refractivity contribution in [2.75, 3.05) is 18.4 Å². The number of likely N-dealkylation sites (tertiary alicyclic amines) is 1. The van der Waals surface area contributed by atoms with E-state index in [4.69, 9.17) is 10.00 Å². The highest BCUT2D eigenvalue weighted by atomic mass is 16.5. The van der Waals surface area contributed by atoms with Gasteiger partial charge in [-0.2, -0.15) is 5.26 Å². The van der Waals surface area contributed by atoms with Gasteiger partial charge < -0.3 is 15.0 Å². The zero-order chi connectivity index (χ0) is 16.1. The molecule has 1 heterocycles. The second kappa shape index (κ2) is 7.36. The van der Waals surface area contributed by atoms with E-state index < -0.39 is 0 Å². The van der Waals surface area contributed by atoms with Gasteiger partial charge in [0, 0.05) is 30.8 Å². The Morgan fingerprint density at radius 2 is 1.96 bits per heavy atom. The molecule has 3 rings (SSSR count). The molecule has 1 saturated carbocycles. The van der Waals surface area contributed by atoms with Gasteiger partial charge in [-0.3, -0.25) is 0 Å². The smallest absolute Gasteiger partial charge is 0.321 e.